The zero-order valence-electron chi connectivity index (χ0n) is 12.6. The van der Waals surface area contributed by atoms with Crippen LogP contribution in [0.1, 0.15) is 21.5 Å². The molecule has 0 saturated carbocycles. The summed E-state index contributed by atoms with van der Waals surface area (Å²) in [5, 5.41) is 16.8. The van der Waals surface area contributed by atoms with Crippen molar-refractivity contribution < 1.29 is 9.90 Å². The van der Waals surface area contributed by atoms with E-state index < -0.39 is 5.97 Å². The van der Waals surface area contributed by atoms with Gasteiger partial charge in [-0.15, -0.1) is 0 Å². The van der Waals surface area contributed by atoms with Crippen LogP contribution >= 0.6 is 0 Å². The molecule has 0 aliphatic rings. The van der Waals surface area contributed by atoms with E-state index in [0.29, 0.717) is 18.1 Å². The Morgan fingerprint density at radius 3 is 2.78 bits per heavy atom. The smallest absolute Gasteiger partial charge is 0.337 e. The van der Waals surface area contributed by atoms with Crippen LogP contribution in [0.5, 0.6) is 0 Å². The third-order valence-corrected chi connectivity index (χ3v) is 3.44. The SMILES string of the molecule is Cc1cn(Cc2ccccc2)nc1Nc1cnccc1C(=O)O. The zero-order valence-corrected chi connectivity index (χ0v) is 12.6. The minimum atomic E-state index is -1.00. The number of benzene rings is 1. The lowest BCUT2D eigenvalue weighted by Crippen LogP contribution is -2.05. The number of carbonyl (C=O) groups is 1. The van der Waals surface area contributed by atoms with Gasteiger partial charge in [0.15, 0.2) is 5.82 Å². The van der Waals surface area contributed by atoms with Crippen LogP contribution < -0.4 is 5.32 Å². The molecule has 0 aliphatic carbocycles. The topological polar surface area (TPSA) is 80.0 Å². The Morgan fingerprint density at radius 1 is 1.26 bits per heavy atom. The Labute approximate surface area is 133 Å². The summed E-state index contributed by atoms with van der Waals surface area (Å²) < 4.78 is 1.82. The summed E-state index contributed by atoms with van der Waals surface area (Å²) in [7, 11) is 0. The summed E-state index contributed by atoms with van der Waals surface area (Å²) in [6, 6.07) is 11.5. The molecule has 0 spiro atoms. The molecule has 2 N–H and O–H groups in total. The summed E-state index contributed by atoms with van der Waals surface area (Å²) in [4.78, 5) is 15.2. The Balaban J connectivity index is 1.83. The van der Waals surface area contributed by atoms with E-state index in [9.17, 15) is 9.90 Å². The van der Waals surface area contributed by atoms with Gasteiger partial charge >= 0.3 is 5.97 Å². The second-order valence-corrected chi connectivity index (χ2v) is 5.20. The van der Waals surface area contributed by atoms with Gasteiger partial charge in [0.2, 0.25) is 0 Å². The molecule has 0 saturated heterocycles. The van der Waals surface area contributed by atoms with Crippen molar-refractivity contribution >= 4 is 17.5 Å². The van der Waals surface area contributed by atoms with Gasteiger partial charge in [-0.05, 0) is 18.6 Å². The maximum atomic E-state index is 11.2. The molecular weight excluding hydrogens is 292 g/mol. The monoisotopic (exact) mass is 308 g/mol. The summed E-state index contributed by atoms with van der Waals surface area (Å²) >= 11 is 0. The molecule has 116 valence electrons. The van der Waals surface area contributed by atoms with E-state index in [2.05, 4.69) is 15.4 Å². The van der Waals surface area contributed by atoms with Crippen LogP contribution in [0.25, 0.3) is 0 Å². The van der Waals surface area contributed by atoms with Crippen molar-refractivity contribution in [3.8, 4) is 0 Å². The van der Waals surface area contributed by atoms with Crippen LogP contribution in [0.2, 0.25) is 0 Å². The highest BCUT2D eigenvalue weighted by Crippen LogP contribution is 2.21. The second kappa shape index (κ2) is 6.31. The number of aromatic carboxylic acids is 1. The van der Waals surface area contributed by atoms with Gasteiger partial charge in [-0.25, -0.2) is 4.79 Å². The van der Waals surface area contributed by atoms with Gasteiger partial charge in [0.25, 0.3) is 0 Å². The average molecular weight is 308 g/mol. The number of carboxylic acid groups (broad SMARTS) is 1. The third-order valence-electron chi connectivity index (χ3n) is 3.44. The molecule has 0 unspecified atom stereocenters. The van der Waals surface area contributed by atoms with Gasteiger partial charge in [0.1, 0.15) is 0 Å². The summed E-state index contributed by atoms with van der Waals surface area (Å²) in [6.07, 6.45) is 4.86. The Hall–Kier alpha value is -3.15. The molecule has 6 nitrogen and oxygen atoms in total. The van der Waals surface area contributed by atoms with Crippen molar-refractivity contribution in [3.05, 3.63) is 71.7 Å². The number of anilines is 2. The Morgan fingerprint density at radius 2 is 2.04 bits per heavy atom. The van der Waals surface area contributed by atoms with Crippen LogP contribution in [0.4, 0.5) is 11.5 Å². The van der Waals surface area contributed by atoms with Gasteiger partial charge in [-0.3, -0.25) is 9.67 Å². The number of nitrogens with zero attached hydrogens (tertiary/aromatic N) is 3. The standard InChI is InChI=1S/C17H16N4O2/c1-12-10-21(11-13-5-3-2-4-6-13)20-16(12)19-15-9-18-8-7-14(15)17(22)23/h2-10H,11H2,1H3,(H,19,20)(H,22,23). The third kappa shape index (κ3) is 3.37. The largest absolute Gasteiger partial charge is 0.478 e. The first-order valence-corrected chi connectivity index (χ1v) is 7.16. The number of hydrogen-bond donors (Lipinski definition) is 2. The molecule has 0 atom stereocenters. The summed E-state index contributed by atoms with van der Waals surface area (Å²) in [5.74, 6) is -0.382. The highest BCUT2D eigenvalue weighted by atomic mass is 16.4. The first-order chi connectivity index (χ1) is 11.1. The normalized spacial score (nSPS) is 10.5. The molecular formula is C17H16N4O2. The number of nitrogens with one attached hydrogen (secondary N) is 1. The number of rotatable bonds is 5. The highest BCUT2D eigenvalue weighted by molar-refractivity contribution is 5.94. The van der Waals surface area contributed by atoms with E-state index in [1.165, 1.54) is 18.5 Å². The molecule has 3 aromatic rings. The molecule has 0 aliphatic heterocycles. The maximum Gasteiger partial charge on any atom is 0.337 e. The van der Waals surface area contributed by atoms with Gasteiger partial charge < -0.3 is 10.4 Å². The number of hydrogen-bond acceptors (Lipinski definition) is 4. The first kappa shape index (κ1) is 14.8. The molecule has 0 amide bonds. The molecule has 2 aromatic heterocycles. The van der Waals surface area contributed by atoms with Crippen LogP contribution in [-0.2, 0) is 6.54 Å². The second-order valence-electron chi connectivity index (χ2n) is 5.20. The molecule has 3 rings (SSSR count). The number of aromatic nitrogens is 3. The van der Waals surface area contributed by atoms with Crippen LogP contribution in [0, 0.1) is 6.92 Å². The van der Waals surface area contributed by atoms with Crippen LogP contribution in [0.15, 0.2) is 55.0 Å². The van der Waals surface area contributed by atoms with Crippen molar-refractivity contribution in [2.75, 3.05) is 5.32 Å². The molecule has 23 heavy (non-hydrogen) atoms. The van der Waals surface area contributed by atoms with E-state index in [1.54, 1.807) is 0 Å². The molecule has 0 radical (unpaired) electrons. The molecule has 2 heterocycles. The minimum absolute atomic E-state index is 0.164. The number of pyridine rings is 1. The van der Waals surface area contributed by atoms with E-state index in [0.717, 1.165) is 11.1 Å². The van der Waals surface area contributed by atoms with Gasteiger partial charge in [0.05, 0.1) is 24.0 Å². The molecule has 1 aromatic carbocycles. The van der Waals surface area contributed by atoms with Gasteiger partial charge in [-0.1, -0.05) is 30.3 Å². The fourth-order valence-electron chi connectivity index (χ4n) is 2.30. The fraction of sp³-hybridized carbons (Fsp3) is 0.118. The van der Waals surface area contributed by atoms with Crippen molar-refractivity contribution in [3.63, 3.8) is 0 Å². The van der Waals surface area contributed by atoms with Crippen molar-refractivity contribution in [2.24, 2.45) is 0 Å². The predicted molar refractivity (Wildman–Crippen MR) is 87.0 cm³/mol. The Bertz CT molecular complexity index is 828. The van der Waals surface area contributed by atoms with E-state index in [4.69, 9.17) is 0 Å². The van der Waals surface area contributed by atoms with E-state index >= 15 is 0 Å². The minimum Gasteiger partial charge on any atom is -0.478 e. The van der Waals surface area contributed by atoms with Crippen molar-refractivity contribution in [2.45, 2.75) is 13.5 Å². The number of aryl methyl sites for hydroxylation is 1. The molecule has 6 heteroatoms. The lowest BCUT2D eigenvalue weighted by Gasteiger charge is -2.07. The maximum absolute atomic E-state index is 11.2. The zero-order chi connectivity index (χ0) is 16.2. The average Bonchev–Trinajstić information content (AvgIpc) is 2.88. The quantitative estimate of drug-likeness (QED) is 0.757. The van der Waals surface area contributed by atoms with Crippen LogP contribution in [0.3, 0.4) is 0 Å². The first-order valence-electron chi connectivity index (χ1n) is 7.16. The fourth-order valence-corrected chi connectivity index (χ4v) is 2.30. The van der Waals surface area contributed by atoms with E-state index in [1.807, 2.05) is 48.1 Å². The van der Waals surface area contributed by atoms with Gasteiger partial charge in [0, 0.05) is 18.0 Å². The highest BCUT2D eigenvalue weighted by Gasteiger charge is 2.12. The summed E-state index contributed by atoms with van der Waals surface area (Å²) in [6.45, 7) is 2.58. The predicted octanol–water partition coefficient (Wildman–Crippen LogP) is 3.08. The Kier molecular flexibility index (Phi) is 4.05. The van der Waals surface area contributed by atoms with Crippen molar-refractivity contribution in [1.29, 1.82) is 0 Å². The van der Waals surface area contributed by atoms with Crippen LogP contribution in [-0.4, -0.2) is 25.8 Å². The van der Waals surface area contributed by atoms with Gasteiger partial charge in [-0.2, -0.15) is 5.10 Å². The number of carboxylic acids is 1. The lowest BCUT2D eigenvalue weighted by atomic mass is 10.2. The molecule has 0 bridgehead atoms. The summed E-state index contributed by atoms with van der Waals surface area (Å²) in [5.41, 5.74) is 2.67. The lowest BCUT2D eigenvalue weighted by molar-refractivity contribution is 0.0698. The van der Waals surface area contributed by atoms with Crippen molar-refractivity contribution in [1.82, 2.24) is 14.8 Å². The van der Waals surface area contributed by atoms with E-state index in [-0.39, 0.29) is 5.56 Å². The molecule has 0 fully saturated rings.